The first-order valence-electron chi connectivity index (χ1n) is 4.24. The minimum Gasteiger partial charge on any atom is -0.299 e. The van der Waals surface area contributed by atoms with Crippen molar-refractivity contribution in [2.75, 3.05) is 0 Å². The summed E-state index contributed by atoms with van der Waals surface area (Å²) in [7, 11) is 0. The molecule has 0 saturated heterocycles. The third-order valence-electron chi connectivity index (χ3n) is 1.89. The summed E-state index contributed by atoms with van der Waals surface area (Å²) in [4.78, 5) is 11.1. The fraction of sp³-hybridized carbons (Fsp3) is 0.600. The lowest BCUT2D eigenvalue weighted by molar-refractivity contribution is -0.119. The van der Waals surface area contributed by atoms with Gasteiger partial charge in [0.15, 0.2) is 0 Å². The molecule has 0 N–H and O–H groups in total. The molecule has 1 aliphatic rings. The first kappa shape index (κ1) is 8.51. The minimum atomic E-state index is 0.123. The number of allylic oxidation sites excluding steroid dienone is 2. The van der Waals surface area contributed by atoms with Crippen LogP contribution < -0.4 is 0 Å². The van der Waals surface area contributed by atoms with Gasteiger partial charge in [-0.05, 0) is 18.8 Å². The van der Waals surface area contributed by atoms with E-state index in [4.69, 9.17) is 0 Å². The summed E-state index contributed by atoms with van der Waals surface area (Å²) in [6, 6.07) is 0. The van der Waals surface area contributed by atoms with Crippen LogP contribution in [-0.2, 0) is 4.79 Å². The average Bonchev–Trinajstić information content (AvgIpc) is 2.31. The van der Waals surface area contributed by atoms with Gasteiger partial charge in [0.1, 0.15) is 5.78 Å². The lowest BCUT2D eigenvalue weighted by Crippen LogP contribution is -2.02. The highest BCUT2D eigenvalue weighted by atomic mass is 16.1. The average molecular weight is 151 g/mol. The van der Waals surface area contributed by atoms with Crippen molar-refractivity contribution >= 4 is 5.78 Å². The van der Waals surface area contributed by atoms with E-state index in [9.17, 15) is 4.79 Å². The van der Waals surface area contributed by atoms with Gasteiger partial charge in [-0.15, -0.1) is 0 Å². The molecule has 1 heteroatoms. The number of ketones is 1. The molecule has 0 bridgehead atoms. The van der Waals surface area contributed by atoms with Crippen molar-refractivity contribution in [2.24, 2.45) is 11.8 Å². The zero-order chi connectivity index (χ0) is 8.27. The molecule has 1 radical (unpaired) electrons. The Morgan fingerprint density at radius 1 is 1.64 bits per heavy atom. The maximum atomic E-state index is 11.1. The third kappa shape index (κ3) is 2.49. The second-order valence-corrected chi connectivity index (χ2v) is 3.40. The van der Waals surface area contributed by atoms with Crippen molar-refractivity contribution in [3.05, 3.63) is 18.6 Å². The van der Waals surface area contributed by atoms with Crippen LogP contribution in [0.1, 0.15) is 26.7 Å². The standard InChI is InChI=1S/C10H15O/c1-8(2)6-7-9-4-3-5-10(9)11/h4,6-9H,3,5H2,1-2H3/b7-6-. The second kappa shape index (κ2) is 3.70. The zero-order valence-electron chi connectivity index (χ0n) is 7.21. The van der Waals surface area contributed by atoms with Crippen molar-refractivity contribution in [3.63, 3.8) is 0 Å². The number of hydrogen-bond donors (Lipinski definition) is 0. The molecule has 0 aromatic heterocycles. The Morgan fingerprint density at radius 2 is 2.36 bits per heavy atom. The van der Waals surface area contributed by atoms with Gasteiger partial charge in [0.2, 0.25) is 0 Å². The summed E-state index contributed by atoms with van der Waals surface area (Å²) in [5.74, 6) is 1.05. The molecule has 1 nitrogen and oxygen atoms in total. The molecule has 1 aliphatic carbocycles. The largest absolute Gasteiger partial charge is 0.299 e. The normalized spacial score (nSPS) is 25.7. The first-order chi connectivity index (χ1) is 5.20. The van der Waals surface area contributed by atoms with E-state index in [-0.39, 0.29) is 5.92 Å². The molecule has 61 valence electrons. The minimum absolute atomic E-state index is 0.123. The van der Waals surface area contributed by atoms with Crippen LogP contribution in [-0.4, -0.2) is 5.78 Å². The molecule has 1 rings (SSSR count). The molecular weight excluding hydrogens is 136 g/mol. The van der Waals surface area contributed by atoms with Gasteiger partial charge < -0.3 is 0 Å². The molecule has 0 aliphatic heterocycles. The van der Waals surface area contributed by atoms with Crippen LogP contribution in [0.3, 0.4) is 0 Å². The predicted molar refractivity (Wildman–Crippen MR) is 46.0 cm³/mol. The molecule has 1 unspecified atom stereocenters. The van der Waals surface area contributed by atoms with Crippen molar-refractivity contribution in [1.29, 1.82) is 0 Å². The summed E-state index contributed by atoms with van der Waals surface area (Å²) in [5.41, 5.74) is 0. The highest BCUT2D eigenvalue weighted by Crippen LogP contribution is 2.21. The molecular formula is C10H15O. The van der Waals surface area contributed by atoms with Gasteiger partial charge in [0, 0.05) is 12.3 Å². The molecule has 0 heterocycles. The maximum absolute atomic E-state index is 11.1. The smallest absolute Gasteiger partial charge is 0.140 e. The topological polar surface area (TPSA) is 17.1 Å². The Labute approximate surface area is 68.5 Å². The van der Waals surface area contributed by atoms with Crippen LogP contribution in [0.2, 0.25) is 0 Å². The summed E-state index contributed by atoms with van der Waals surface area (Å²) in [5, 5.41) is 0. The van der Waals surface area contributed by atoms with E-state index in [1.807, 2.05) is 6.08 Å². The summed E-state index contributed by atoms with van der Waals surface area (Å²) in [6.45, 7) is 4.24. The van der Waals surface area contributed by atoms with Gasteiger partial charge in [0.05, 0.1) is 0 Å². The van der Waals surface area contributed by atoms with E-state index < -0.39 is 0 Å². The van der Waals surface area contributed by atoms with Crippen molar-refractivity contribution < 1.29 is 4.79 Å². The lowest BCUT2D eigenvalue weighted by Gasteiger charge is -1.99. The Morgan fingerprint density at radius 3 is 2.82 bits per heavy atom. The molecule has 1 atom stereocenters. The number of hydrogen-bond acceptors (Lipinski definition) is 1. The van der Waals surface area contributed by atoms with E-state index in [0.717, 1.165) is 12.8 Å². The van der Waals surface area contributed by atoms with Gasteiger partial charge in [-0.25, -0.2) is 0 Å². The van der Waals surface area contributed by atoms with Gasteiger partial charge in [0.25, 0.3) is 0 Å². The zero-order valence-corrected chi connectivity index (χ0v) is 7.21. The van der Waals surface area contributed by atoms with E-state index in [1.165, 1.54) is 0 Å². The number of rotatable bonds is 2. The van der Waals surface area contributed by atoms with Crippen LogP contribution >= 0.6 is 0 Å². The Bertz CT molecular complexity index is 168. The summed E-state index contributed by atoms with van der Waals surface area (Å²) >= 11 is 0. The van der Waals surface area contributed by atoms with Gasteiger partial charge in [-0.2, -0.15) is 0 Å². The lowest BCUT2D eigenvalue weighted by atomic mass is 10.0. The maximum Gasteiger partial charge on any atom is 0.140 e. The van der Waals surface area contributed by atoms with Crippen LogP contribution in [0.25, 0.3) is 0 Å². The van der Waals surface area contributed by atoms with Gasteiger partial charge in [-0.1, -0.05) is 26.0 Å². The quantitative estimate of drug-likeness (QED) is 0.554. The molecule has 1 fully saturated rings. The molecule has 11 heavy (non-hydrogen) atoms. The molecule has 0 amide bonds. The van der Waals surface area contributed by atoms with E-state index >= 15 is 0 Å². The molecule has 0 aromatic rings. The SMILES string of the molecule is CC(C)/C=C\C1[CH]CCC1=O. The fourth-order valence-corrected chi connectivity index (χ4v) is 1.23. The highest BCUT2D eigenvalue weighted by Gasteiger charge is 2.21. The van der Waals surface area contributed by atoms with Crippen LogP contribution in [0, 0.1) is 18.3 Å². The van der Waals surface area contributed by atoms with E-state index in [0.29, 0.717) is 11.7 Å². The van der Waals surface area contributed by atoms with Gasteiger partial charge in [-0.3, -0.25) is 4.79 Å². The Balaban J connectivity index is 2.42. The van der Waals surface area contributed by atoms with E-state index in [2.05, 4.69) is 26.3 Å². The monoisotopic (exact) mass is 151 g/mol. The van der Waals surface area contributed by atoms with Crippen LogP contribution in [0.5, 0.6) is 0 Å². The number of carbonyl (C=O) groups is 1. The number of Topliss-reactive ketones (excluding diaryl/α,β-unsaturated/α-hetero) is 1. The number of carbonyl (C=O) groups excluding carboxylic acids is 1. The molecule has 1 saturated carbocycles. The van der Waals surface area contributed by atoms with Crippen LogP contribution in [0.4, 0.5) is 0 Å². The van der Waals surface area contributed by atoms with E-state index in [1.54, 1.807) is 0 Å². The van der Waals surface area contributed by atoms with Crippen molar-refractivity contribution in [3.8, 4) is 0 Å². The second-order valence-electron chi connectivity index (χ2n) is 3.40. The van der Waals surface area contributed by atoms with Crippen molar-refractivity contribution in [1.82, 2.24) is 0 Å². The first-order valence-corrected chi connectivity index (χ1v) is 4.24. The highest BCUT2D eigenvalue weighted by molar-refractivity contribution is 5.86. The Hall–Kier alpha value is -0.590. The summed E-state index contributed by atoms with van der Waals surface area (Å²) in [6.07, 6.45) is 7.94. The Kier molecular flexibility index (Phi) is 2.86. The van der Waals surface area contributed by atoms with Crippen LogP contribution in [0.15, 0.2) is 12.2 Å². The van der Waals surface area contributed by atoms with Crippen molar-refractivity contribution in [2.45, 2.75) is 26.7 Å². The fourth-order valence-electron chi connectivity index (χ4n) is 1.23. The summed E-state index contributed by atoms with van der Waals surface area (Å²) < 4.78 is 0. The van der Waals surface area contributed by atoms with Gasteiger partial charge >= 0.3 is 0 Å². The predicted octanol–water partition coefficient (Wildman–Crippen LogP) is 2.38. The molecule has 0 aromatic carbocycles. The molecule has 0 spiro atoms. The third-order valence-corrected chi connectivity index (χ3v) is 1.89.